The molecule has 3 aliphatic rings. The van der Waals surface area contributed by atoms with Gasteiger partial charge in [-0.3, -0.25) is 9.59 Å². The molecule has 3 aromatic rings. The number of rotatable bonds is 4. The van der Waals surface area contributed by atoms with Crippen LogP contribution in [0.5, 0.6) is 11.5 Å². The number of nitrogens with zero attached hydrogens (tertiary/aromatic N) is 3. The number of carbonyl (C=O) groups is 2. The second-order valence-electron chi connectivity index (χ2n) is 10.2. The van der Waals surface area contributed by atoms with Crippen molar-refractivity contribution in [3.05, 3.63) is 53.9 Å². The molecular weight excluding hydrogens is 444 g/mol. The van der Waals surface area contributed by atoms with Gasteiger partial charge in [0, 0.05) is 12.6 Å². The molecule has 1 aliphatic carbocycles. The van der Waals surface area contributed by atoms with Crippen LogP contribution >= 0.6 is 0 Å². The molecule has 1 aromatic heterocycles. The Kier molecular flexibility index (Phi) is 5.20. The molecule has 182 valence electrons. The molecule has 1 saturated carbocycles. The Morgan fingerprint density at radius 1 is 1.14 bits per heavy atom. The van der Waals surface area contributed by atoms with Crippen LogP contribution in [0.25, 0.3) is 11.0 Å². The lowest BCUT2D eigenvalue weighted by molar-refractivity contribution is -0.134. The zero-order chi connectivity index (χ0) is 24.2. The standard InChI is InChI=1S/C27H30N4O4/c1-17-7-3-4-8-19(17)29-26(33)27(2)15-30-21-10-6-5-9-20(21)28-24(30)25(32)31(27)14-18-11-12-22-23(13-18)35-16-34-22/h5-6,9-13,17,19H,3-4,7-8,14-16H2,1-2H3,(H,29,33)/t17-,19+,27+/m1/s1. The third-order valence-corrected chi connectivity index (χ3v) is 7.85. The fourth-order valence-electron chi connectivity index (χ4n) is 5.65. The van der Waals surface area contributed by atoms with E-state index in [1.54, 1.807) is 4.90 Å². The van der Waals surface area contributed by atoms with Crippen LogP contribution in [0.4, 0.5) is 0 Å². The molecule has 35 heavy (non-hydrogen) atoms. The largest absolute Gasteiger partial charge is 0.454 e. The minimum Gasteiger partial charge on any atom is -0.454 e. The van der Waals surface area contributed by atoms with Crippen LogP contribution in [0, 0.1) is 5.92 Å². The van der Waals surface area contributed by atoms with E-state index in [0.29, 0.717) is 29.8 Å². The van der Waals surface area contributed by atoms with Gasteiger partial charge in [0.25, 0.3) is 5.91 Å². The summed E-state index contributed by atoms with van der Waals surface area (Å²) in [6.45, 7) is 4.86. The Morgan fingerprint density at radius 2 is 1.94 bits per heavy atom. The summed E-state index contributed by atoms with van der Waals surface area (Å²) in [6, 6.07) is 13.5. The fraction of sp³-hybridized carbons (Fsp3) is 0.444. The molecule has 8 heteroatoms. The van der Waals surface area contributed by atoms with Gasteiger partial charge in [-0.1, -0.05) is 38.0 Å². The van der Waals surface area contributed by atoms with Crippen LogP contribution in [0.1, 0.15) is 55.7 Å². The van der Waals surface area contributed by atoms with Gasteiger partial charge in [0.2, 0.25) is 12.7 Å². The molecule has 1 N–H and O–H groups in total. The second kappa shape index (κ2) is 8.29. The predicted octanol–water partition coefficient (Wildman–Crippen LogP) is 3.87. The highest BCUT2D eigenvalue weighted by Crippen LogP contribution is 2.36. The SMILES string of the molecule is C[C@@H]1CCCC[C@@H]1NC(=O)[C@]1(C)Cn2c(nc3ccccc32)C(=O)N1Cc1ccc2c(c1)OCO2. The Hall–Kier alpha value is -3.55. The van der Waals surface area contributed by atoms with Crippen molar-refractivity contribution in [1.82, 2.24) is 19.8 Å². The van der Waals surface area contributed by atoms with E-state index < -0.39 is 5.54 Å². The van der Waals surface area contributed by atoms with E-state index in [0.717, 1.165) is 35.9 Å². The molecule has 3 atom stereocenters. The Bertz CT molecular complexity index is 1320. The first-order valence-corrected chi connectivity index (χ1v) is 12.4. The van der Waals surface area contributed by atoms with Crippen LogP contribution in [-0.4, -0.2) is 44.6 Å². The minimum absolute atomic E-state index is 0.117. The van der Waals surface area contributed by atoms with Gasteiger partial charge in [0.1, 0.15) is 5.54 Å². The van der Waals surface area contributed by atoms with E-state index >= 15 is 0 Å². The maximum absolute atomic E-state index is 14.0. The third kappa shape index (κ3) is 3.63. The zero-order valence-electron chi connectivity index (χ0n) is 20.1. The smallest absolute Gasteiger partial charge is 0.291 e. The number of aromatic nitrogens is 2. The van der Waals surface area contributed by atoms with Gasteiger partial charge in [-0.2, -0.15) is 0 Å². The van der Waals surface area contributed by atoms with E-state index in [2.05, 4.69) is 17.2 Å². The average molecular weight is 475 g/mol. The predicted molar refractivity (Wildman–Crippen MR) is 130 cm³/mol. The van der Waals surface area contributed by atoms with Crippen molar-refractivity contribution < 1.29 is 19.1 Å². The highest BCUT2D eigenvalue weighted by Gasteiger charge is 2.49. The van der Waals surface area contributed by atoms with Gasteiger partial charge in [-0.05, 0) is 55.5 Å². The minimum atomic E-state index is -1.08. The van der Waals surface area contributed by atoms with Crippen molar-refractivity contribution in [3.63, 3.8) is 0 Å². The van der Waals surface area contributed by atoms with Gasteiger partial charge < -0.3 is 24.3 Å². The summed E-state index contributed by atoms with van der Waals surface area (Å²) in [6.07, 6.45) is 4.39. The van der Waals surface area contributed by atoms with E-state index in [4.69, 9.17) is 9.47 Å². The molecule has 0 spiro atoms. The average Bonchev–Trinajstić information content (AvgIpc) is 3.47. The molecule has 6 rings (SSSR count). The molecule has 0 unspecified atom stereocenters. The second-order valence-corrected chi connectivity index (χ2v) is 10.2. The topological polar surface area (TPSA) is 85.7 Å². The van der Waals surface area contributed by atoms with Gasteiger partial charge in [0.15, 0.2) is 17.3 Å². The lowest BCUT2D eigenvalue weighted by Gasteiger charge is -2.44. The normalized spacial score (nSPS) is 25.5. The Balaban J connectivity index is 1.39. The number of hydrogen-bond donors (Lipinski definition) is 1. The number of carbonyl (C=O) groups excluding carboxylic acids is 2. The van der Waals surface area contributed by atoms with Gasteiger partial charge in [0.05, 0.1) is 17.6 Å². The van der Waals surface area contributed by atoms with Crippen molar-refractivity contribution in [1.29, 1.82) is 0 Å². The van der Waals surface area contributed by atoms with Crippen molar-refractivity contribution in [2.24, 2.45) is 5.92 Å². The Morgan fingerprint density at radius 3 is 2.80 bits per heavy atom. The molecule has 0 radical (unpaired) electrons. The highest BCUT2D eigenvalue weighted by molar-refractivity contribution is 6.01. The quantitative estimate of drug-likeness (QED) is 0.620. The number of amides is 2. The van der Waals surface area contributed by atoms with Gasteiger partial charge >= 0.3 is 0 Å². The molecule has 0 bridgehead atoms. The molecular formula is C27H30N4O4. The van der Waals surface area contributed by atoms with Crippen LogP contribution in [0.3, 0.4) is 0 Å². The maximum Gasteiger partial charge on any atom is 0.291 e. The summed E-state index contributed by atoms with van der Waals surface area (Å²) < 4.78 is 12.9. The summed E-state index contributed by atoms with van der Waals surface area (Å²) in [4.78, 5) is 34.2. The molecule has 1 fully saturated rings. The summed E-state index contributed by atoms with van der Waals surface area (Å²) in [5.74, 6) is 1.76. The zero-order valence-corrected chi connectivity index (χ0v) is 20.1. The lowest BCUT2D eigenvalue weighted by atomic mass is 9.85. The number of imidazole rings is 1. The summed E-state index contributed by atoms with van der Waals surface area (Å²) >= 11 is 0. The molecule has 2 aliphatic heterocycles. The van der Waals surface area contributed by atoms with Gasteiger partial charge in [-0.15, -0.1) is 0 Å². The molecule has 2 aromatic carbocycles. The number of ether oxygens (including phenoxy) is 2. The molecule has 8 nitrogen and oxygen atoms in total. The van der Waals surface area contributed by atoms with E-state index in [1.807, 2.05) is 54.0 Å². The van der Waals surface area contributed by atoms with Crippen LogP contribution in [0.2, 0.25) is 0 Å². The third-order valence-electron chi connectivity index (χ3n) is 7.85. The molecule has 2 amide bonds. The van der Waals surface area contributed by atoms with E-state index in [9.17, 15) is 9.59 Å². The first-order valence-electron chi connectivity index (χ1n) is 12.4. The van der Waals surface area contributed by atoms with Gasteiger partial charge in [-0.25, -0.2) is 4.98 Å². The van der Waals surface area contributed by atoms with Crippen LogP contribution in [-0.2, 0) is 17.9 Å². The summed E-state index contributed by atoms with van der Waals surface area (Å²) in [5.41, 5.74) is 1.41. The van der Waals surface area contributed by atoms with Crippen LogP contribution < -0.4 is 14.8 Å². The summed E-state index contributed by atoms with van der Waals surface area (Å²) in [5, 5.41) is 3.32. The number of fused-ring (bicyclic) bond motifs is 4. The van der Waals surface area contributed by atoms with E-state index in [-0.39, 0.29) is 31.2 Å². The Labute approximate surface area is 204 Å². The molecule has 0 saturated heterocycles. The van der Waals surface area contributed by atoms with Crippen molar-refractivity contribution in [2.45, 2.75) is 64.2 Å². The van der Waals surface area contributed by atoms with Crippen molar-refractivity contribution in [2.75, 3.05) is 6.79 Å². The van der Waals surface area contributed by atoms with Crippen molar-refractivity contribution in [3.8, 4) is 11.5 Å². The van der Waals surface area contributed by atoms with Crippen LogP contribution in [0.15, 0.2) is 42.5 Å². The first kappa shape index (κ1) is 21.9. The number of benzene rings is 2. The molecule has 3 heterocycles. The van der Waals surface area contributed by atoms with E-state index in [1.165, 1.54) is 6.42 Å². The maximum atomic E-state index is 14.0. The monoisotopic (exact) mass is 474 g/mol. The summed E-state index contributed by atoms with van der Waals surface area (Å²) in [7, 11) is 0. The number of nitrogens with one attached hydrogen (secondary N) is 1. The number of hydrogen-bond acceptors (Lipinski definition) is 5. The van der Waals surface area contributed by atoms with Crippen molar-refractivity contribution >= 4 is 22.8 Å². The lowest BCUT2D eigenvalue weighted by Crippen LogP contribution is -2.65. The fourth-order valence-corrected chi connectivity index (χ4v) is 5.65. The number of para-hydroxylation sites is 2. The highest BCUT2D eigenvalue weighted by atomic mass is 16.7. The first-order chi connectivity index (χ1) is 16.9.